The van der Waals surface area contributed by atoms with Crippen LogP contribution in [0.5, 0.6) is 0 Å². The number of hydrogen-bond donors (Lipinski definition) is 2. The van der Waals surface area contributed by atoms with Crippen LogP contribution in [0.15, 0.2) is 54.7 Å². The minimum atomic E-state index is -0.727. The Labute approximate surface area is 197 Å². The summed E-state index contributed by atoms with van der Waals surface area (Å²) in [5.74, 6) is -1.37. The molecule has 2 amide bonds. The molecule has 8 nitrogen and oxygen atoms in total. The number of amides is 2. The first-order valence-electron chi connectivity index (χ1n) is 11.8. The Hall–Kier alpha value is -3.78. The Kier molecular flexibility index (Phi) is 5.03. The number of carbonyl (C=O) groups excluding carboxylic acids is 2. The quantitative estimate of drug-likeness (QED) is 0.461. The second kappa shape index (κ2) is 8.22. The van der Waals surface area contributed by atoms with Crippen molar-refractivity contribution in [1.82, 2.24) is 25.2 Å². The Bertz CT molecular complexity index is 1400. The van der Waals surface area contributed by atoms with E-state index >= 15 is 0 Å². The zero-order valence-corrected chi connectivity index (χ0v) is 19.0. The van der Waals surface area contributed by atoms with Gasteiger partial charge in [-0.05, 0) is 24.2 Å². The average molecular weight is 455 g/mol. The van der Waals surface area contributed by atoms with Gasteiger partial charge in [-0.1, -0.05) is 43.3 Å². The van der Waals surface area contributed by atoms with Crippen LogP contribution in [0.2, 0.25) is 0 Å². The van der Waals surface area contributed by atoms with E-state index in [0.29, 0.717) is 11.6 Å². The lowest BCUT2D eigenvalue weighted by molar-refractivity contribution is -0.125. The van der Waals surface area contributed by atoms with Gasteiger partial charge < -0.3 is 14.8 Å². The highest BCUT2D eigenvalue weighted by atomic mass is 16.2. The summed E-state index contributed by atoms with van der Waals surface area (Å²) in [4.78, 5) is 43.9. The third kappa shape index (κ3) is 3.33. The summed E-state index contributed by atoms with van der Waals surface area (Å²) in [5, 5.41) is 4.32. The van der Waals surface area contributed by atoms with E-state index in [1.165, 1.54) is 0 Å². The normalized spacial score (nSPS) is 21.5. The molecule has 2 atom stereocenters. The molecule has 2 unspecified atom stereocenters. The zero-order chi connectivity index (χ0) is 23.2. The number of imide groups is 1. The van der Waals surface area contributed by atoms with Gasteiger partial charge >= 0.3 is 0 Å². The highest BCUT2D eigenvalue weighted by Crippen LogP contribution is 2.42. The molecule has 0 saturated carbocycles. The molecule has 0 bridgehead atoms. The highest BCUT2D eigenvalue weighted by molar-refractivity contribution is 6.12. The van der Waals surface area contributed by atoms with Crippen molar-refractivity contribution in [3.8, 4) is 0 Å². The molecule has 34 heavy (non-hydrogen) atoms. The third-order valence-corrected chi connectivity index (χ3v) is 7.12. The minimum Gasteiger partial charge on any atom is -0.361 e. The summed E-state index contributed by atoms with van der Waals surface area (Å²) < 4.78 is 0. The van der Waals surface area contributed by atoms with Crippen molar-refractivity contribution < 1.29 is 9.59 Å². The number of aromatic amines is 1. The van der Waals surface area contributed by atoms with Crippen LogP contribution in [-0.2, 0) is 9.59 Å². The molecule has 2 aliphatic rings. The molecule has 2 aliphatic heterocycles. The first-order valence-corrected chi connectivity index (χ1v) is 11.8. The van der Waals surface area contributed by atoms with Gasteiger partial charge in [0.2, 0.25) is 17.8 Å². The monoisotopic (exact) mass is 454 g/mol. The van der Waals surface area contributed by atoms with E-state index in [2.05, 4.69) is 27.0 Å². The highest BCUT2D eigenvalue weighted by Gasteiger charge is 2.46. The summed E-state index contributed by atoms with van der Waals surface area (Å²) in [6, 6.07) is 15.6. The Morgan fingerprint density at radius 3 is 2.38 bits per heavy atom. The number of likely N-dealkylation sites (N-methyl/N-ethyl adjacent to an activating group) is 1. The second-order valence-corrected chi connectivity index (χ2v) is 8.95. The van der Waals surface area contributed by atoms with Gasteiger partial charge in [-0.25, -0.2) is 9.97 Å². The number of fused-ring (bicyclic) bond motifs is 2. The SMILES string of the molecule is CCN1CCN(c2nc(C3C(=O)NC(=O)C3c3c[nH]c4ccccc34)c3ccccc3n2)CC1. The number of rotatable bonds is 4. The van der Waals surface area contributed by atoms with Crippen molar-refractivity contribution in [2.75, 3.05) is 37.6 Å². The lowest BCUT2D eigenvalue weighted by Gasteiger charge is -2.34. The van der Waals surface area contributed by atoms with Gasteiger partial charge in [-0.3, -0.25) is 14.9 Å². The fourth-order valence-electron chi connectivity index (χ4n) is 5.26. The van der Waals surface area contributed by atoms with Gasteiger partial charge in [0.05, 0.1) is 23.0 Å². The number of aromatic nitrogens is 3. The van der Waals surface area contributed by atoms with Crippen molar-refractivity contribution in [3.63, 3.8) is 0 Å². The summed E-state index contributed by atoms with van der Waals surface area (Å²) in [7, 11) is 0. The van der Waals surface area contributed by atoms with Gasteiger partial charge in [0.1, 0.15) is 0 Å². The Morgan fingerprint density at radius 1 is 0.882 bits per heavy atom. The maximum Gasteiger partial charge on any atom is 0.236 e. The van der Waals surface area contributed by atoms with Crippen molar-refractivity contribution in [3.05, 3.63) is 66.0 Å². The van der Waals surface area contributed by atoms with Crippen LogP contribution in [0.25, 0.3) is 21.8 Å². The smallest absolute Gasteiger partial charge is 0.236 e. The number of para-hydroxylation sites is 2. The minimum absolute atomic E-state index is 0.291. The van der Waals surface area contributed by atoms with E-state index in [-0.39, 0.29) is 11.8 Å². The molecule has 4 heterocycles. The molecule has 2 fully saturated rings. The predicted octanol–water partition coefficient (Wildman–Crippen LogP) is 2.78. The number of H-pyrrole nitrogens is 1. The molecule has 0 radical (unpaired) electrons. The molecule has 2 N–H and O–H groups in total. The van der Waals surface area contributed by atoms with Crippen LogP contribution < -0.4 is 10.2 Å². The fourth-order valence-corrected chi connectivity index (χ4v) is 5.26. The first-order chi connectivity index (χ1) is 16.6. The summed E-state index contributed by atoms with van der Waals surface area (Å²) in [5.41, 5.74) is 3.14. The average Bonchev–Trinajstić information content (AvgIpc) is 3.42. The number of carbonyl (C=O) groups is 2. The van der Waals surface area contributed by atoms with Gasteiger partial charge in [0, 0.05) is 48.7 Å². The van der Waals surface area contributed by atoms with E-state index in [0.717, 1.165) is 60.1 Å². The van der Waals surface area contributed by atoms with Crippen molar-refractivity contribution in [1.29, 1.82) is 0 Å². The summed E-state index contributed by atoms with van der Waals surface area (Å²) in [6.45, 7) is 6.74. The molecule has 6 rings (SSSR count). The van der Waals surface area contributed by atoms with Gasteiger partial charge in [-0.2, -0.15) is 0 Å². The van der Waals surface area contributed by atoms with Gasteiger partial charge in [-0.15, -0.1) is 0 Å². The van der Waals surface area contributed by atoms with Crippen LogP contribution in [0.1, 0.15) is 30.0 Å². The largest absolute Gasteiger partial charge is 0.361 e. The van der Waals surface area contributed by atoms with E-state index in [1.54, 1.807) is 0 Å². The van der Waals surface area contributed by atoms with E-state index < -0.39 is 11.8 Å². The summed E-state index contributed by atoms with van der Waals surface area (Å²) in [6.07, 6.45) is 1.84. The molecule has 0 aliphatic carbocycles. The molecule has 2 saturated heterocycles. The van der Waals surface area contributed by atoms with Gasteiger partial charge in [0.25, 0.3) is 0 Å². The van der Waals surface area contributed by atoms with Crippen molar-refractivity contribution in [2.45, 2.75) is 18.8 Å². The Balaban J connectivity index is 1.49. The molecule has 2 aromatic heterocycles. The number of hydrogen-bond acceptors (Lipinski definition) is 6. The third-order valence-electron chi connectivity index (χ3n) is 7.12. The number of piperazine rings is 1. The zero-order valence-electron chi connectivity index (χ0n) is 19.0. The standard InChI is InChI=1S/C26H26N6O2/c1-2-31-11-13-32(14-12-31)26-28-20-10-6-4-8-17(20)23(29-26)22-21(24(33)30-25(22)34)18-15-27-19-9-5-3-7-16(18)19/h3-10,15,21-22,27H,2,11-14H2,1H3,(H,30,33,34). The van der Waals surface area contributed by atoms with Gasteiger partial charge in [0.15, 0.2) is 0 Å². The van der Waals surface area contributed by atoms with Crippen LogP contribution in [-0.4, -0.2) is 64.4 Å². The molecular formula is C26H26N6O2. The molecule has 172 valence electrons. The fraction of sp³-hybridized carbons (Fsp3) is 0.308. The molecule has 8 heteroatoms. The van der Waals surface area contributed by atoms with Crippen LogP contribution in [0.3, 0.4) is 0 Å². The lowest BCUT2D eigenvalue weighted by Crippen LogP contribution is -2.46. The van der Waals surface area contributed by atoms with Crippen LogP contribution in [0, 0.1) is 0 Å². The van der Waals surface area contributed by atoms with E-state index in [9.17, 15) is 9.59 Å². The van der Waals surface area contributed by atoms with E-state index in [4.69, 9.17) is 9.97 Å². The number of nitrogens with zero attached hydrogens (tertiary/aromatic N) is 4. The first kappa shape index (κ1) is 20.8. The molecule has 4 aromatic rings. The van der Waals surface area contributed by atoms with Crippen molar-refractivity contribution in [2.24, 2.45) is 0 Å². The maximum absolute atomic E-state index is 13.2. The molecule has 0 spiro atoms. The van der Waals surface area contributed by atoms with Crippen molar-refractivity contribution >= 4 is 39.6 Å². The summed E-state index contributed by atoms with van der Waals surface area (Å²) >= 11 is 0. The lowest BCUT2D eigenvalue weighted by atomic mass is 9.84. The molecular weight excluding hydrogens is 428 g/mol. The van der Waals surface area contributed by atoms with Crippen LogP contribution in [0.4, 0.5) is 5.95 Å². The second-order valence-electron chi connectivity index (χ2n) is 8.95. The number of nitrogens with one attached hydrogen (secondary N) is 2. The predicted molar refractivity (Wildman–Crippen MR) is 131 cm³/mol. The topological polar surface area (TPSA) is 94.2 Å². The number of anilines is 1. The van der Waals surface area contributed by atoms with E-state index in [1.807, 2.05) is 54.7 Å². The molecule has 2 aromatic carbocycles. The number of benzene rings is 2. The maximum atomic E-state index is 13.2. The Morgan fingerprint density at radius 2 is 1.59 bits per heavy atom. The van der Waals surface area contributed by atoms with Crippen LogP contribution >= 0.6 is 0 Å².